The lowest BCUT2D eigenvalue weighted by Gasteiger charge is -2.37. The lowest BCUT2D eigenvalue weighted by molar-refractivity contribution is -0.145. The fourth-order valence-electron chi connectivity index (χ4n) is 1.52. The van der Waals surface area contributed by atoms with Crippen LogP contribution in [0, 0.1) is 5.41 Å². The van der Waals surface area contributed by atoms with Crippen LogP contribution in [0.5, 0.6) is 0 Å². The van der Waals surface area contributed by atoms with E-state index in [1.165, 1.54) is 0 Å². The maximum absolute atomic E-state index is 11.6. The third-order valence-corrected chi connectivity index (χ3v) is 3.73. The Hall–Kier alpha value is -0.220. The molecule has 0 bridgehead atoms. The number of rotatable bonds is 2. The summed E-state index contributed by atoms with van der Waals surface area (Å²) in [5, 5.41) is 3.38. The van der Waals surface area contributed by atoms with Crippen LogP contribution in [-0.4, -0.2) is 36.2 Å². The van der Waals surface area contributed by atoms with Gasteiger partial charge in [-0.05, 0) is 12.3 Å². The highest BCUT2D eigenvalue weighted by molar-refractivity contribution is 7.99. The highest BCUT2D eigenvalue weighted by Crippen LogP contribution is 2.26. The first-order valence-corrected chi connectivity index (χ1v) is 6.61. The molecule has 1 N–H and O–H groups in total. The van der Waals surface area contributed by atoms with Crippen molar-refractivity contribution in [2.24, 2.45) is 5.41 Å². The SMILES string of the molecule is CCOC(=O)[C@@H]1CSC[C@H](C(C)(C)C)N1. The first-order valence-electron chi connectivity index (χ1n) is 5.45. The standard InChI is InChI=1S/C11H21NO2S/c1-5-14-10(13)8-6-15-7-9(12-8)11(2,3)4/h8-9,12H,5-7H2,1-4H3/t8-,9+/m0/s1. The predicted octanol–water partition coefficient (Wildman–Crippen LogP) is 1.67. The Morgan fingerprint density at radius 3 is 2.67 bits per heavy atom. The molecular weight excluding hydrogens is 210 g/mol. The van der Waals surface area contributed by atoms with Crippen molar-refractivity contribution >= 4 is 17.7 Å². The molecule has 0 saturated carbocycles. The molecule has 0 aromatic heterocycles. The van der Waals surface area contributed by atoms with Crippen molar-refractivity contribution < 1.29 is 9.53 Å². The first-order chi connectivity index (χ1) is 6.95. The third kappa shape index (κ3) is 3.68. The van der Waals surface area contributed by atoms with Gasteiger partial charge < -0.3 is 4.74 Å². The topological polar surface area (TPSA) is 38.3 Å². The molecule has 1 saturated heterocycles. The van der Waals surface area contributed by atoms with Crippen LogP contribution in [0.3, 0.4) is 0 Å². The fraction of sp³-hybridized carbons (Fsp3) is 0.909. The minimum absolute atomic E-state index is 0.112. The van der Waals surface area contributed by atoms with Crippen molar-refractivity contribution in [1.29, 1.82) is 0 Å². The Kier molecular flexibility index (Phi) is 4.46. The van der Waals surface area contributed by atoms with Crippen molar-refractivity contribution in [2.75, 3.05) is 18.1 Å². The van der Waals surface area contributed by atoms with Gasteiger partial charge in [0.25, 0.3) is 0 Å². The van der Waals surface area contributed by atoms with Gasteiger partial charge in [-0.1, -0.05) is 20.8 Å². The van der Waals surface area contributed by atoms with E-state index in [0.717, 1.165) is 11.5 Å². The molecule has 1 aliphatic heterocycles. The molecule has 1 aliphatic rings. The van der Waals surface area contributed by atoms with Crippen molar-refractivity contribution in [3.8, 4) is 0 Å². The summed E-state index contributed by atoms with van der Waals surface area (Å²) in [5.41, 5.74) is 0.193. The number of esters is 1. The second-order valence-electron chi connectivity index (χ2n) is 4.93. The second kappa shape index (κ2) is 5.21. The van der Waals surface area contributed by atoms with Crippen molar-refractivity contribution in [3.63, 3.8) is 0 Å². The quantitative estimate of drug-likeness (QED) is 0.734. The molecule has 88 valence electrons. The molecule has 1 fully saturated rings. The van der Waals surface area contributed by atoms with E-state index in [1.54, 1.807) is 0 Å². The summed E-state index contributed by atoms with van der Waals surface area (Å²) >= 11 is 1.83. The van der Waals surface area contributed by atoms with E-state index in [1.807, 2.05) is 18.7 Å². The Balaban J connectivity index is 2.52. The zero-order valence-corrected chi connectivity index (χ0v) is 10.8. The number of nitrogens with one attached hydrogen (secondary N) is 1. The molecule has 3 nitrogen and oxygen atoms in total. The minimum atomic E-state index is -0.132. The molecule has 0 aromatic rings. The van der Waals surface area contributed by atoms with Crippen LogP contribution in [0.2, 0.25) is 0 Å². The Morgan fingerprint density at radius 2 is 2.13 bits per heavy atom. The highest BCUT2D eigenvalue weighted by atomic mass is 32.2. The number of carbonyl (C=O) groups is 1. The molecule has 1 heterocycles. The zero-order valence-electron chi connectivity index (χ0n) is 10.0. The first kappa shape index (κ1) is 12.8. The second-order valence-corrected chi connectivity index (χ2v) is 6.00. The lowest BCUT2D eigenvalue weighted by Crippen LogP contribution is -2.55. The van der Waals surface area contributed by atoms with E-state index in [4.69, 9.17) is 4.74 Å². The van der Waals surface area contributed by atoms with Crippen LogP contribution >= 0.6 is 11.8 Å². The van der Waals surface area contributed by atoms with Gasteiger partial charge in [0, 0.05) is 17.5 Å². The Morgan fingerprint density at radius 1 is 1.47 bits per heavy atom. The number of hydrogen-bond acceptors (Lipinski definition) is 4. The van der Waals surface area contributed by atoms with E-state index in [2.05, 4.69) is 26.1 Å². The molecule has 2 atom stereocenters. The summed E-state index contributed by atoms with van der Waals surface area (Å²) in [6.45, 7) is 8.88. The third-order valence-electron chi connectivity index (χ3n) is 2.59. The molecule has 0 spiro atoms. The molecule has 4 heteroatoms. The van der Waals surface area contributed by atoms with Crippen molar-refractivity contribution in [3.05, 3.63) is 0 Å². The van der Waals surface area contributed by atoms with Gasteiger partial charge in [-0.25, -0.2) is 0 Å². The van der Waals surface area contributed by atoms with Crippen LogP contribution in [-0.2, 0) is 9.53 Å². The molecule has 0 aliphatic carbocycles. The number of hydrogen-bond donors (Lipinski definition) is 1. The van der Waals surface area contributed by atoms with Crippen molar-refractivity contribution in [2.45, 2.75) is 39.8 Å². The molecule has 0 radical (unpaired) electrons. The van der Waals surface area contributed by atoms with Crippen molar-refractivity contribution in [1.82, 2.24) is 5.32 Å². The molecule has 0 amide bonds. The van der Waals surface area contributed by atoms with Crippen LogP contribution in [0.1, 0.15) is 27.7 Å². The maximum atomic E-state index is 11.6. The molecule has 0 aromatic carbocycles. The molecular formula is C11H21NO2S. The Labute approximate surface area is 96.3 Å². The predicted molar refractivity (Wildman–Crippen MR) is 64.1 cm³/mol. The smallest absolute Gasteiger partial charge is 0.323 e. The summed E-state index contributed by atoms with van der Waals surface area (Å²) in [7, 11) is 0. The van der Waals surface area contributed by atoms with Gasteiger partial charge in [0.2, 0.25) is 0 Å². The van der Waals surface area contributed by atoms with E-state index >= 15 is 0 Å². The van der Waals surface area contributed by atoms with Gasteiger partial charge in [0.1, 0.15) is 6.04 Å². The van der Waals surface area contributed by atoms with Crippen LogP contribution in [0.25, 0.3) is 0 Å². The highest BCUT2D eigenvalue weighted by Gasteiger charge is 2.33. The molecule has 1 rings (SSSR count). The van der Waals surface area contributed by atoms with Gasteiger partial charge in [-0.3, -0.25) is 10.1 Å². The summed E-state index contributed by atoms with van der Waals surface area (Å²) in [6, 6.07) is 0.249. The zero-order chi connectivity index (χ0) is 11.5. The van der Waals surface area contributed by atoms with E-state index in [9.17, 15) is 4.79 Å². The average Bonchev–Trinajstić information content (AvgIpc) is 2.17. The van der Waals surface area contributed by atoms with E-state index in [0.29, 0.717) is 12.6 Å². The summed E-state index contributed by atoms with van der Waals surface area (Å²) in [4.78, 5) is 11.6. The van der Waals surface area contributed by atoms with E-state index < -0.39 is 0 Å². The molecule has 15 heavy (non-hydrogen) atoms. The minimum Gasteiger partial charge on any atom is -0.465 e. The van der Waals surface area contributed by atoms with E-state index in [-0.39, 0.29) is 17.4 Å². The van der Waals surface area contributed by atoms with Gasteiger partial charge >= 0.3 is 5.97 Å². The van der Waals surface area contributed by atoms with Gasteiger partial charge in [0.15, 0.2) is 0 Å². The fourth-order valence-corrected chi connectivity index (χ4v) is 2.96. The van der Waals surface area contributed by atoms with Gasteiger partial charge in [-0.15, -0.1) is 0 Å². The number of ether oxygens (including phenoxy) is 1. The largest absolute Gasteiger partial charge is 0.465 e. The maximum Gasteiger partial charge on any atom is 0.323 e. The van der Waals surface area contributed by atoms with Crippen LogP contribution < -0.4 is 5.32 Å². The van der Waals surface area contributed by atoms with Crippen LogP contribution in [0.4, 0.5) is 0 Å². The summed E-state index contributed by atoms with van der Waals surface area (Å²) in [6.07, 6.45) is 0. The van der Waals surface area contributed by atoms with Crippen LogP contribution in [0.15, 0.2) is 0 Å². The normalized spacial score (nSPS) is 27.5. The summed E-state index contributed by atoms with van der Waals surface area (Å²) < 4.78 is 5.03. The van der Waals surface area contributed by atoms with Gasteiger partial charge in [-0.2, -0.15) is 11.8 Å². The summed E-state index contributed by atoms with van der Waals surface area (Å²) in [5.74, 6) is 1.78. The molecule has 0 unspecified atom stereocenters. The lowest BCUT2D eigenvalue weighted by atomic mass is 9.87. The Bertz CT molecular complexity index is 225. The monoisotopic (exact) mass is 231 g/mol. The number of carbonyl (C=O) groups excluding carboxylic acids is 1. The average molecular weight is 231 g/mol. The van der Waals surface area contributed by atoms with Gasteiger partial charge in [0.05, 0.1) is 6.61 Å². The number of thioether (sulfide) groups is 1.